The van der Waals surface area contributed by atoms with Gasteiger partial charge in [0.05, 0.1) is 16.7 Å². The molecule has 0 unspecified atom stereocenters. The Morgan fingerprint density at radius 2 is 1.65 bits per heavy atom. The first-order valence-electron chi connectivity index (χ1n) is 13.1. The van der Waals surface area contributed by atoms with Crippen molar-refractivity contribution in [3.63, 3.8) is 0 Å². The average molecular weight is 498 g/mol. The van der Waals surface area contributed by atoms with Crippen molar-refractivity contribution in [3.8, 4) is 11.4 Å². The van der Waals surface area contributed by atoms with Gasteiger partial charge in [0.25, 0.3) is 0 Å². The molecule has 2 heterocycles. The zero-order valence-corrected chi connectivity index (χ0v) is 20.7. The molecule has 0 N–H and O–H groups in total. The van der Waals surface area contributed by atoms with Crippen LogP contribution in [0.25, 0.3) is 22.4 Å². The summed E-state index contributed by atoms with van der Waals surface area (Å²) >= 11 is 0. The molecule has 5 nitrogen and oxygen atoms in total. The van der Waals surface area contributed by atoms with Crippen molar-refractivity contribution in [1.82, 2.24) is 9.55 Å². The number of nitrogens with zero attached hydrogens (tertiary/aromatic N) is 5. The van der Waals surface area contributed by atoms with E-state index < -0.39 is 11.6 Å². The summed E-state index contributed by atoms with van der Waals surface area (Å²) in [5, 5.41) is 11.7. The van der Waals surface area contributed by atoms with E-state index in [9.17, 15) is 8.78 Å². The molecule has 6 rings (SSSR count). The van der Waals surface area contributed by atoms with Crippen molar-refractivity contribution in [1.29, 1.82) is 0 Å². The van der Waals surface area contributed by atoms with Gasteiger partial charge in [0.2, 0.25) is 0 Å². The van der Waals surface area contributed by atoms with Crippen LogP contribution in [0.1, 0.15) is 48.8 Å². The summed E-state index contributed by atoms with van der Waals surface area (Å²) in [4.78, 5) is 4.85. The van der Waals surface area contributed by atoms with Crippen LogP contribution in [0.4, 0.5) is 8.78 Å². The van der Waals surface area contributed by atoms with Crippen molar-refractivity contribution in [3.05, 3.63) is 89.0 Å². The molecule has 0 saturated heterocycles. The topological polar surface area (TPSA) is 54.9 Å². The van der Waals surface area contributed by atoms with Gasteiger partial charge in [-0.3, -0.25) is 0 Å². The molecule has 0 atom stereocenters. The minimum absolute atomic E-state index is 0.503. The first kappa shape index (κ1) is 23.6. The lowest BCUT2D eigenvalue weighted by Gasteiger charge is -2.23. The second-order valence-electron chi connectivity index (χ2n) is 10.1. The Morgan fingerprint density at radius 1 is 0.865 bits per heavy atom. The fourth-order valence-electron chi connectivity index (χ4n) is 5.60. The molecular weight excluding hydrogens is 468 g/mol. The third kappa shape index (κ3) is 4.95. The maximum Gasteiger partial charge on any atom is 0.161 e. The summed E-state index contributed by atoms with van der Waals surface area (Å²) in [5.74, 6) is -0.368. The van der Waals surface area contributed by atoms with Gasteiger partial charge in [0.1, 0.15) is 12.4 Å². The Morgan fingerprint density at radius 3 is 2.43 bits per heavy atom. The van der Waals surface area contributed by atoms with E-state index >= 15 is 0 Å². The molecule has 188 valence electrons. The molecule has 1 saturated carbocycles. The third-order valence-electron chi connectivity index (χ3n) is 7.63. The van der Waals surface area contributed by atoms with E-state index in [1.807, 2.05) is 12.1 Å². The largest absolute Gasteiger partial charge is 0.324 e. The SMILES string of the molecule is Fc1cc2nc(-c3ccccc3CCc3ccc(C4=NN=NC4)cc3)n(CC3CCCCC3)c2cc1F. The summed E-state index contributed by atoms with van der Waals surface area (Å²) < 4.78 is 30.5. The van der Waals surface area contributed by atoms with Gasteiger partial charge in [-0.2, -0.15) is 5.11 Å². The molecule has 1 fully saturated rings. The number of halogens is 2. The van der Waals surface area contributed by atoms with Crippen LogP contribution in [0.5, 0.6) is 0 Å². The smallest absolute Gasteiger partial charge is 0.161 e. The van der Waals surface area contributed by atoms with E-state index in [1.54, 1.807) is 0 Å². The Kier molecular flexibility index (Phi) is 6.60. The fraction of sp³-hybridized carbons (Fsp3) is 0.333. The van der Waals surface area contributed by atoms with Crippen molar-refractivity contribution in [2.75, 3.05) is 6.54 Å². The average Bonchev–Trinajstić information content (AvgIpc) is 3.58. The van der Waals surface area contributed by atoms with Crippen LogP contribution in [0.3, 0.4) is 0 Å². The van der Waals surface area contributed by atoms with Gasteiger partial charge in [-0.05, 0) is 53.5 Å². The number of hydrogen-bond acceptors (Lipinski definition) is 4. The number of fused-ring (bicyclic) bond motifs is 1. The first-order valence-corrected chi connectivity index (χ1v) is 13.1. The van der Waals surface area contributed by atoms with Gasteiger partial charge in [0.15, 0.2) is 11.6 Å². The van der Waals surface area contributed by atoms with E-state index in [4.69, 9.17) is 4.98 Å². The maximum absolute atomic E-state index is 14.3. The minimum Gasteiger partial charge on any atom is -0.324 e. The second-order valence-corrected chi connectivity index (χ2v) is 10.1. The molecule has 0 amide bonds. The molecule has 0 radical (unpaired) electrons. The lowest BCUT2D eigenvalue weighted by atomic mass is 9.89. The van der Waals surface area contributed by atoms with E-state index in [0.29, 0.717) is 23.5 Å². The summed E-state index contributed by atoms with van der Waals surface area (Å²) in [5.41, 5.74) is 6.53. The van der Waals surface area contributed by atoms with Gasteiger partial charge in [-0.25, -0.2) is 13.8 Å². The normalized spacial score (nSPS) is 16.0. The minimum atomic E-state index is -0.857. The van der Waals surface area contributed by atoms with E-state index in [1.165, 1.54) is 42.5 Å². The summed E-state index contributed by atoms with van der Waals surface area (Å²) in [6.07, 6.45) is 7.74. The predicted molar refractivity (Wildman–Crippen MR) is 142 cm³/mol. The summed E-state index contributed by atoms with van der Waals surface area (Å²) in [7, 11) is 0. The Balaban J connectivity index is 1.31. The number of imidazole rings is 1. The highest BCUT2D eigenvalue weighted by Gasteiger charge is 2.22. The van der Waals surface area contributed by atoms with Crippen molar-refractivity contribution in [2.45, 2.75) is 51.5 Å². The molecule has 1 aromatic heterocycles. The fourth-order valence-corrected chi connectivity index (χ4v) is 5.60. The summed E-state index contributed by atoms with van der Waals surface area (Å²) in [6.45, 7) is 1.30. The standard InChI is InChI=1S/C30H29F2N5/c31-25-16-27-29(17-26(25)32)37(19-21-6-2-1-3-7-21)30(34-27)24-9-5-4-8-22(24)13-10-20-11-14-23(15-12-20)28-18-33-36-35-28/h4-5,8-9,11-12,14-17,21H,1-3,6-7,10,13,18-19H2. The van der Waals surface area contributed by atoms with Crippen LogP contribution >= 0.6 is 0 Å². The van der Waals surface area contributed by atoms with Gasteiger partial charge in [-0.15, -0.1) is 5.10 Å². The molecule has 0 spiro atoms. The third-order valence-corrected chi connectivity index (χ3v) is 7.63. The lowest BCUT2D eigenvalue weighted by molar-refractivity contribution is 0.323. The van der Waals surface area contributed by atoms with Crippen LogP contribution in [-0.4, -0.2) is 21.8 Å². The van der Waals surface area contributed by atoms with E-state index in [-0.39, 0.29) is 0 Å². The van der Waals surface area contributed by atoms with Gasteiger partial charge >= 0.3 is 0 Å². The van der Waals surface area contributed by atoms with Crippen LogP contribution in [0.15, 0.2) is 76.1 Å². The zero-order valence-electron chi connectivity index (χ0n) is 20.7. The molecule has 0 bridgehead atoms. The molecule has 4 aromatic rings. The number of aryl methyl sites for hydroxylation is 2. The van der Waals surface area contributed by atoms with Crippen LogP contribution < -0.4 is 0 Å². The quantitative estimate of drug-likeness (QED) is 0.261. The highest BCUT2D eigenvalue weighted by Crippen LogP contribution is 2.33. The highest BCUT2D eigenvalue weighted by atomic mass is 19.2. The number of aromatic nitrogens is 2. The van der Waals surface area contributed by atoms with Gasteiger partial charge in [-0.1, -0.05) is 67.8 Å². The monoisotopic (exact) mass is 497 g/mol. The maximum atomic E-state index is 14.3. The van der Waals surface area contributed by atoms with Crippen molar-refractivity contribution < 1.29 is 8.78 Å². The lowest BCUT2D eigenvalue weighted by Crippen LogP contribution is -2.15. The number of benzene rings is 3. The van der Waals surface area contributed by atoms with E-state index in [0.717, 1.165) is 54.9 Å². The summed E-state index contributed by atoms with van der Waals surface area (Å²) in [6, 6.07) is 19.2. The van der Waals surface area contributed by atoms with Crippen molar-refractivity contribution >= 4 is 16.7 Å². The van der Waals surface area contributed by atoms with E-state index in [2.05, 4.69) is 56.4 Å². The van der Waals surface area contributed by atoms with Gasteiger partial charge in [0, 0.05) is 24.2 Å². The zero-order chi connectivity index (χ0) is 25.2. The van der Waals surface area contributed by atoms with Crippen LogP contribution in [-0.2, 0) is 19.4 Å². The Hall–Kier alpha value is -3.74. The number of hydrogen-bond donors (Lipinski definition) is 0. The van der Waals surface area contributed by atoms with Gasteiger partial charge < -0.3 is 4.57 Å². The molecule has 2 aliphatic rings. The first-order chi connectivity index (χ1) is 18.2. The number of rotatable bonds is 7. The van der Waals surface area contributed by atoms with Crippen LogP contribution in [0.2, 0.25) is 0 Å². The molecule has 37 heavy (non-hydrogen) atoms. The van der Waals surface area contributed by atoms with Crippen molar-refractivity contribution in [2.24, 2.45) is 21.4 Å². The Bertz CT molecular complexity index is 1480. The Labute approximate surface area is 215 Å². The molecule has 7 heteroatoms. The molecule has 1 aliphatic heterocycles. The predicted octanol–water partition coefficient (Wildman–Crippen LogP) is 7.52. The van der Waals surface area contributed by atoms with Crippen LogP contribution in [0, 0.1) is 17.6 Å². The molecule has 1 aliphatic carbocycles. The highest BCUT2D eigenvalue weighted by molar-refractivity contribution is 6.02. The molecular formula is C30H29F2N5. The molecule has 3 aromatic carbocycles. The second kappa shape index (κ2) is 10.3.